The summed E-state index contributed by atoms with van der Waals surface area (Å²) in [5, 5.41) is 0.973. The molecule has 0 aliphatic carbocycles. The largest absolute Gasteiger partial charge is 0.496 e. The zero-order valence-electron chi connectivity index (χ0n) is 9.56. The lowest BCUT2D eigenvalue weighted by Gasteiger charge is -2.04. The molecule has 0 N–H and O–H groups in total. The SMILES string of the molecule is COc1ccc(OC)c2sc(COC=O)cc12. The molecule has 0 saturated carbocycles. The van der Waals surface area contributed by atoms with Gasteiger partial charge in [0, 0.05) is 10.3 Å². The molecule has 0 spiro atoms. The summed E-state index contributed by atoms with van der Waals surface area (Å²) < 4.78 is 16.3. The van der Waals surface area contributed by atoms with Crippen molar-refractivity contribution in [3.63, 3.8) is 0 Å². The van der Waals surface area contributed by atoms with Crippen LogP contribution in [0.15, 0.2) is 18.2 Å². The second-order valence-corrected chi connectivity index (χ2v) is 4.47. The van der Waals surface area contributed by atoms with E-state index < -0.39 is 0 Å². The van der Waals surface area contributed by atoms with Gasteiger partial charge >= 0.3 is 0 Å². The van der Waals surface area contributed by atoms with Crippen LogP contribution in [0.2, 0.25) is 0 Å². The number of fused-ring (bicyclic) bond motifs is 1. The van der Waals surface area contributed by atoms with Gasteiger partial charge in [0.05, 0.1) is 18.9 Å². The standard InChI is InChI=1S/C12H12O4S/c1-14-10-3-4-11(15-2)12-9(10)5-8(17-12)6-16-7-13/h3-5,7H,6H2,1-2H3. The maximum atomic E-state index is 10.2. The van der Waals surface area contributed by atoms with E-state index in [9.17, 15) is 4.79 Å². The highest BCUT2D eigenvalue weighted by atomic mass is 32.1. The molecular formula is C12H12O4S. The highest BCUT2D eigenvalue weighted by Gasteiger charge is 2.11. The van der Waals surface area contributed by atoms with Gasteiger partial charge in [-0.25, -0.2) is 0 Å². The molecular weight excluding hydrogens is 240 g/mol. The van der Waals surface area contributed by atoms with Gasteiger partial charge in [-0.2, -0.15) is 0 Å². The minimum atomic E-state index is 0.273. The number of rotatable bonds is 5. The first-order valence-electron chi connectivity index (χ1n) is 4.98. The molecule has 0 unspecified atom stereocenters. The molecule has 90 valence electrons. The van der Waals surface area contributed by atoms with Crippen LogP contribution in [0.5, 0.6) is 11.5 Å². The molecule has 0 radical (unpaired) electrons. The molecule has 2 aromatic rings. The first kappa shape index (κ1) is 11.7. The molecule has 2 rings (SSSR count). The highest BCUT2D eigenvalue weighted by Crippen LogP contribution is 2.39. The van der Waals surface area contributed by atoms with E-state index >= 15 is 0 Å². The van der Waals surface area contributed by atoms with E-state index in [1.807, 2.05) is 18.2 Å². The average Bonchev–Trinajstić information content (AvgIpc) is 2.78. The van der Waals surface area contributed by atoms with Gasteiger partial charge in [0.15, 0.2) is 0 Å². The topological polar surface area (TPSA) is 44.8 Å². The first-order valence-corrected chi connectivity index (χ1v) is 5.80. The summed E-state index contributed by atoms with van der Waals surface area (Å²) in [5.41, 5.74) is 0. The first-order chi connectivity index (χ1) is 8.30. The predicted molar refractivity (Wildman–Crippen MR) is 65.8 cm³/mol. The number of hydrogen-bond acceptors (Lipinski definition) is 5. The van der Waals surface area contributed by atoms with Crippen molar-refractivity contribution in [2.45, 2.75) is 6.61 Å². The molecule has 0 fully saturated rings. The number of ether oxygens (including phenoxy) is 3. The lowest BCUT2D eigenvalue weighted by Crippen LogP contribution is -1.86. The molecule has 1 aromatic carbocycles. The van der Waals surface area contributed by atoms with Gasteiger partial charge in [-0.15, -0.1) is 11.3 Å². The van der Waals surface area contributed by atoms with Gasteiger partial charge in [-0.1, -0.05) is 0 Å². The Labute approximate surface area is 103 Å². The van der Waals surface area contributed by atoms with E-state index in [2.05, 4.69) is 0 Å². The van der Waals surface area contributed by atoms with Crippen molar-refractivity contribution in [2.75, 3.05) is 14.2 Å². The van der Waals surface area contributed by atoms with Gasteiger partial charge in [-0.05, 0) is 18.2 Å². The number of hydrogen-bond donors (Lipinski definition) is 0. The van der Waals surface area contributed by atoms with Crippen molar-refractivity contribution in [3.05, 3.63) is 23.1 Å². The molecule has 1 aromatic heterocycles. The lowest BCUT2D eigenvalue weighted by molar-refractivity contribution is -0.129. The second-order valence-electron chi connectivity index (χ2n) is 3.33. The summed E-state index contributed by atoms with van der Waals surface area (Å²) in [6.07, 6.45) is 0. The Kier molecular flexibility index (Phi) is 3.49. The lowest BCUT2D eigenvalue weighted by atomic mass is 10.2. The van der Waals surface area contributed by atoms with Gasteiger partial charge in [0.25, 0.3) is 6.47 Å². The Hall–Kier alpha value is -1.75. The van der Waals surface area contributed by atoms with Crippen molar-refractivity contribution in [1.82, 2.24) is 0 Å². The Morgan fingerprint density at radius 3 is 2.59 bits per heavy atom. The number of methoxy groups -OCH3 is 2. The van der Waals surface area contributed by atoms with Crippen molar-refractivity contribution in [3.8, 4) is 11.5 Å². The van der Waals surface area contributed by atoms with E-state index in [0.29, 0.717) is 6.47 Å². The minimum Gasteiger partial charge on any atom is -0.496 e. The molecule has 0 atom stereocenters. The Morgan fingerprint density at radius 1 is 1.24 bits per heavy atom. The molecule has 17 heavy (non-hydrogen) atoms. The van der Waals surface area contributed by atoms with E-state index in [1.165, 1.54) is 11.3 Å². The van der Waals surface area contributed by atoms with Gasteiger partial charge in [0.1, 0.15) is 18.1 Å². The third-order valence-electron chi connectivity index (χ3n) is 2.39. The quantitative estimate of drug-likeness (QED) is 0.767. The van der Waals surface area contributed by atoms with E-state index in [4.69, 9.17) is 14.2 Å². The number of thiophene rings is 1. The summed E-state index contributed by atoms with van der Waals surface area (Å²) in [4.78, 5) is 11.1. The van der Waals surface area contributed by atoms with E-state index in [0.717, 1.165) is 26.5 Å². The molecule has 0 bridgehead atoms. The van der Waals surface area contributed by atoms with Crippen molar-refractivity contribution >= 4 is 27.9 Å². The normalized spacial score (nSPS) is 10.2. The maximum Gasteiger partial charge on any atom is 0.293 e. The van der Waals surface area contributed by atoms with Crippen LogP contribution in [-0.4, -0.2) is 20.7 Å². The van der Waals surface area contributed by atoms with Crippen LogP contribution >= 0.6 is 11.3 Å². The Balaban J connectivity index is 2.51. The smallest absolute Gasteiger partial charge is 0.293 e. The minimum absolute atomic E-state index is 0.273. The van der Waals surface area contributed by atoms with Crippen molar-refractivity contribution < 1.29 is 19.0 Å². The molecule has 1 heterocycles. The molecule has 0 saturated heterocycles. The third kappa shape index (κ3) is 2.19. The summed E-state index contributed by atoms with van der Waals surface area (Å²) in [5.74, 6) is 1.58. The average molecular weight is 252 g/mol. The Morgan fingerprint density at radius 2 is 1.94 bits per heavy atom. The fraction of sp³-hybridized carbons (Fsp3) is 0.250. The van der Waals surface area contributed by atoms with Crippen LogP contribution in [-0.2, 0) is 16.1 Å². The molecule has 0 amide bonds. The zero-order valence-corrected chi connectivity index (χ0v) is 10.4. The number of carbonyl (C=O) groups excluding carboxylic acids is 1. The maximum absolute atomic E-state index is 10.2. The van der Waals surface area contributed by atoms with Crippen molar-refractivity contribution in [1.29, 1.82) is 0 Å². The number of carbonyl (C=O) groups is 1. The molecule has 5 heteroatoms. The van der Waals surface area contributed by atoms with Crippen LogP contribution in [0, 0.1) is 0 Å². The zero-order chi connectivity index (χ0) is 12.3. The number of benzene rings is 1. The highest BCUT2D eigenvalue weighted by molar-refractivity contribution is 7.19. The molecule has 0 aliphatic heterocycles. The molecule has 4 nitrogen and oxygen atoms in total. The summed E-state index contributed by atoms with van der Waals surface area (Å²) in [6, 6.07) is 5.67. The van der Waals surface area contributed by atoms with Crippen LogP contribution in [0.3, 0.4) is 0 Å². The summed E-state index contributed by atoms with van der Waals surface area (Å²) in [7, 11) is 3.25. The fourth-order valence-electron chi connectivity index (χ4n) is 1.65. The van der Waals surface area contributed by atoms with Crippen LogP contribution < -0.4 is 9.47 Å². The Bertz CT molecular complexity index is 492. The van der Waals surface area contributed by atoms with Gasteiger partial charge < -0.3 is 14.2 Å². The second kappa shape index (κ2) is 5.05. The third-order valence-corrected chi connectivity index (χ3v) is 3.52. The monoisotopic (exact) mass is 252 g/mol. The van der Waals surface area contributed by atoms with Crippen LogP contribution in [0.1, 0.15) is 4.88 Å². The van der Waals surface area contributed by atoms with E-state index in [1.54, 1.807) is 14.2 Å². The molecule has 0 aliphatic rings. The summed E-state index contributed by atoms with van der Waals surface area (Å²) in [6.45, 7) is 0.716. The van der Waals surface area contributed by atoms with Crippen LogP contribution in [0.4, 0.5) is 0 Å². The summed E-state index contributed by atoms with van der Waals surface area (Å²) >= 11 is 1.53. The van der Waals surface area contributed by atoms with Crippen molar-refractivity contribution in [2.24, 2.45) is 0 Å². The predicted octanol–water partition coefficient (Wildman–Crippen LogP) is 2.59. The van der Waals surface area contributed by atoms with Gasteiger partial charge in [-0.3, -0.25) is 4.79 Å². The van der Waals surface area contributed by atoms with E-state index in [-0.39, 0.29) is 6.61 Å². The van der Waals surface area contributed by atoms with Crippen LogP contribution in [0.25, 0.3) is 10.1 Å². The fourth-order valence-corrected chi connectivity index (χ4v) is 2.74. The van der Waals surface area contributed by atoms with Gasteiger partial charge in [0.2, 0.25) is 0 Å².